The van der Waals surface area contributed by atoms with Crippen LogP contribution in [-0.4, -0.2) is 28.2 Å². The Hall–Kier alpha value is -1.47. The van der Waals surface area contributed by atoms with Crippen molar-refractivity contribution in [1.82, 2.24) is 0 Å². The molecule has 1 saturated heterocycles. The number of ether oxygens (including phenoxy) is 1. The average molecular weight is 284 g/mol. The van der Waals surface area contributed by atoms with E-state index >= 15 is 0 Å². The summed E-state index contributed by atoms with van der Waals surface area (Å²) in [5, 5.41) is 6.03. The van der Waals surface area contributed by atoms with Gasteiger partial charge >= 0.3 is 0 Å². The third-order valence-electron chi connectivity index (χ3n) is 3.21. The highest BCUT2D eigenvalue weighted by atomic mass is 32.2. The normalized spacial score (nSPS) is 16.5. The van der Waals surface area contributed by atoms with Crippen LogP contribution in [0, 0.1) is 10.8 Å². The van der Waals surface area contributed by atoms with Crippen molar-refractivity contribution in [1.29, 1.82) is 0 Å². The van der Waals surface area contributed by atoms with Gasteiger partial charge in [0.1, 0.15) is 5.69 Å². The van der Waals surface area contributed by atoms with Crippen LogP contribution < -0.4 is 5.32 Å². The summed E-state index contributed by atoms with van der Waals surface area (Å²) in [5.41, 5.74) is 0.700. The predicted molar refractivity (Wildman–Crippen MR) is 72.5 cm³/mol. The summed E-state index contributed by atoms with van der Waals surface area (Å²) in [6.45, 7) is 2.26. The summed E-state index contributed by atoms with van der Waals surface area (Å²) in [5.74, 6) is 0.504. The van der Waals surface area contributed by atoms with E-state index in [2.05, 4.69) is 10.5 Å². The molecule has 104 valence electrons. The molecule has 1 aromatic carbocycles. The molecule has 0 bridgehead atoms. The van der Waals surface area contributed by atoms with Crippen molar-refractivity contribution in [3.05, 3.63) is 23.1 Å². The maximum Gasteiger partial charge on any atom is 0.168 e. The number of nitrogens with zero attached hydrogens (tertiary/aromatic N) is 1. The zero-order chi connectivity index (χ0) is 13.7. The molecule has 1 aromatic rings. The second kappa shape index (κ2) is 6.63. The van der Waals surface area contributed by atoms with Gasteiger partial charge in [-0.1, -0.05) is 0 Å². The van der Waals surface area contributed by atoms with E-state index in [-0.39, 0.29) is 10.6 Å². The number of rotatable bonds is 5. The molecule has 2 rings (SSSR count). The maximum absolute atomic E-state index is 10.8. The average Bonchev–Trinajstić information content (AvgIpc) is 2.45. The summed E-state index contributed by atoms with van der Waals surface area (Å²) in [7, 11) is -2.69. The fourth-order valence-electron chi connectivity index (χ4n) is 2.06. The molecular weight excluding hydrogens is 268 g/mol. The molecule has 0 unspecified atom stereocenters. The van der Waals surface area contributed by atoms with Crippen molar-refractivity contribution < 1.29 is 13.2 Å². The molecule has 19 heavy (non-hydrogen) atoms. The Balaban J connectivity index is 2.04. The summed E-state index contributed by atoms with van der Waals surface area (Å²) in [4.78, 5) is 10.8. The van der Waals surface area contributed by atoms with E-state index in [4.69, 9.17) is 4.74 Å². The van der Waals surface area contributed by atoms with Gasteiger partial charge in [0.15, 0.2) is 10.7 Å². The van der Waals surface area contributed by atoms with Crippen LogP contribution in [0.2, 0.25) is 0 Å². The monoisotopic (exact) mass is 284 g/mol. The Morgan fingerprint density at radius 3 is 2.68 bits per heavy atom. The first kappa shape index (κ1) is 14.0. The smallest absolute Gasteiger partial charge is 0.168 e. The Kier molecular flexibility index (Phi) is 4.86. The molecule has 7 heteroatoms. The lowest BCUT2D eigenvalue weighted by Crippen LogP contribution is -2.22. The van der Waals surface area contributed by atoms with E-state index in [0.717, 1.165) is 32.6 Å². The Labute approximate surface area is 113 Å². The fourth-order valence-corrected chi connectivity index (χ4v) is 2.49. The van der Waals surface area contributed by atoms with Crippen molar-refractivity contribution in [2.45, 2.75) is 17.7 Å². The Morgan fingerprint density at radius 2 is 2.05 bits per heavy atom. The fraction of sp³-hybridized carbons (Fsp3) is 0.500. The third kappa shape index (κ3) is 3.74. The van der Waals surface area contributed by atoms with Crippen molar-refractivity contribution in [3.8, 4) is 0 Å². The molecule has 0 atom stereocenters. The lowest BCUT2D eigenvalue weighted by Gasteiger charge is -2.22. The molecule has 0 saturated carbocycles. The lowest BCUT2D eigenvalue weighted by atomic mass is 10.0. The summed E-state index contributed by atoms with van der Waals surface area (Å²) >= 11 is 0. The van der Waals surface area contributed by atoms with E-state index in [9.17, 15) is 13.3 Å². The number of hydrogen-bond acceptors (Lipinski definition) is 6. The largest absolute Gasteiger partial charge is 0.383 e. The summed E-state index contributed by atoms with van der Waals surface area (Å²) < 4.78 is 27.0. The molecule has 6 nitrogen and oxygen atoms in total. The van der Waals surface area contributed by atoms with E-state index in [1.807, 2.05) is 0 Å². The van der Waals surface area contributed by atoms with Crippen LogP contribution in [0.4, 0.5) is 11.4 Å². The number of hydrogen-bond donors (Lipinski definition) is 2. The van der Waals surface area contributed by atoms with Gasteiger partial charge in [-0.25, -0.2) is 8.42 Å². The van der Waals surface area contributed by atoms with Crippen LogP contribution in [-0.2, 0) is 15.4 Å². The van der Waals surface area contributed by atoms with Crippen molar-refractivity contribution in [3.63, 3.8) is 0 Å². The minimum absolute atomic E-state index is 0.0983. The molecule has 1 aliphatic rings. The SMILES string of the molecule is O=Nc1cc([SH](=O)=O)ccc1NCC1CCOCC1. The zero-order valence-electron chi connectivity index (χ0n) is 10.4. The first-order valence-corrected chi connectivity index (χ1v) is 7.32. The second-order valence-corrected chi connectivity index (χ2v) is 5.52. The highest BCUT2D eigenvalue weighted by molar-refractivity contribution is 7.72. The minimum atomic E-state index is -2.69. The number of nitrogens with one attached hydrogen (secondary N) is 1. The van der Waals surface area contributed by atoms with Crippen molar-refractivity contribution >= 4 is 22.1 Å². The maximum atomic E-state index is 10.8. The molecule has 1 N–H and O–H groups in total. The molecule has 0 aliphatic carbocycles. The van der Waals surface area contributed by atoms with Gasteiger partial charge in [-0.15, -0.1) is 4.91 Å². The van der Waals surface area contributed by atoms with Gasteiger partial charge in [-0.05, 0) is 42.1 Å². The predicted octanol–water partition coefficient (Wildman–Crippen LogP) is 1.89. The molecular formula is C12H16N2O4S. The molecule has 1 heterocycles. The second-order valence-electron chi connectivity index (χ2n) is 4.49. The zero-order valence-corrected chi connectivity index (χ0v) is 11.3. The highest BCUT2D eigenvalue weighted by Crippen LogP contribution is 2.27. The molecule has 0 amide bonds. The van der Waals surface area contributed by atoms with Crippen molar-refractivity contribution in [2.24, 2.45) is 11.1 Å². The highest BCUT2D eigenvalue weighted by Gasteiger charge is 2.14. The molecule has 0 spiro atoms. The van der Waals surface area contributed by atoms with Crippen LogP contribution in [0.25, 0.3) is 0 Å². The van der Waals surface area contributed by atoms with Gasteiger partial charge in [0.2, 0.25) is 0 Å². The van der Waals surface area contributed by atoms with Gasteiger partial charge in [-0.2, -0.15) is 0 Å². The van der Waals surface area contributed by atoms with Crippen LogP contribution in [0.15, 0.2) is 28.3 Å². The number of benzene rings is 1. The van der Waals surface area contributed by atoms with Gasteiger partial charge in [0.25, 0.3) is 0 Å². The van der Waals surface area contributed by atoms with Crippen LogP contribution in [0.1, 0.15) is 12.8 Å². The minimum Gasteiger partial charge on any atom is -0.383 e. The van der Waals surface area contributed by atoms with Crippen LogP contribution in [0.5, 0.6) is 0 Å². The van der Waals surface area contributed by atoms with E-state index in [1.54, 1.807) is 6.07 Å². The van der Waals surface area contributed by atoms with E-state index in [0.29, 0.717) is 11.6 Å². The molecule has 0 aromatic heterocycles. The topological polar surface area (TPSA) is 84.8 Å². The molecule has 0 radical (unpaired) electrons. The lowest BCUT2D eigenvalue weighted by molar-refractivity contribution is 0.0699. The van der Waals surface area contributed by atoms with Crippen LogP contribution >= 0.6 is 0 Å². The number of nitroso groups, excluding NO2 is 1. The van der Waals surface area contributed by atoms with E-state index in [1.165, 1.54) is 12.1 Å². The number of anilines is 1. The number of thiol groups is 1. The third-order valence-corrected chi connectivity index (χ3v) is 3.91. The van der Waals surface area contributed by atoms with Crippen LogP contribution in [0.3, 0.4) is 0 Å². The summed E-state index contributed by atoms with van der Waals surface area (Å²) in [6, 6.07) is 4.33. The Bertz CT molecular complexity index is 516. The quantitative estimate of drug-likeness (QED) is 0.637. The van der Waals surface area contributed by atoms with Crippen molar-refractivity contribution in [2.75, 3.05) is 25.1 Å². The first-order valence-electron chi connectivity index (χ1n) is 6.14. The van der Waals surface area contributed by atoms with Gasteiger partial charge < -0.3 is 10.1 Å². The van der Waals surface area contributed by atoms with Gasteiger partial charge in [0, 0.05) is 19.8 Å². The van der Waals surface area contributed by atoms with E-state index < -0.39 is 10.7 Å². The standard InChI is InChI=1S/C12H16N2O4S/c15-14-12-7-10(19(16)17)1-2-11(12)13-8-9-3-5-18-6-4-9/h1-2,7,9,13,19H,3-6,8H2. The molecule has 1 aliphatic heterocycles. The van der Waals surface area contributed by atoms with Gasteiger partial charge in [0.05, 0.1) is 10.6 Å². The molecule has 1 fully saturated rings. The summed E-state index contributed by atoms with van der Waals surface area (Å²) in [6.07, 6.45) is 1.97. The first-order chi connectivity index (χ1) is 9.20. The Morgan fingerprint density at radius 1 is 1.32 bits per heavy atom. The van der Waals surface area contributed by atoms with Gasteiger partial charge in [-0.3, -0.25) is 0 Å².